The van der Waals surface area contributed by atoms with Crippen LogP contribution in [0.4, 0.5) is 5.82 Å². The highest BCUT2D eigenvalue weighted by atomic mass is 15.4. The molecule has 4 heteroatoms. The van der Waals surface area contributed by atoms with Crippen molar-refractivity contribution in [3.8, 4) is 5.69 Å². The Morgan fingerprint density at radius 2 is 1.76 bits per heavy atom. The van der Waals surface area contributed by atoms with Gasteiger partial charge in [0.05, 0.1) is 11.4 Å². The molecule has 1 aromatic heterocycles. The molecule has 1 heterocycles. The lowest BCUT2D eigenvalue weighted by atomic mass is 10.1. The number of para-hydroxylation sites is 1. The molecule has 1 N–H and O–H groups in total. The average Bonchev–Trinajstić information content (AvgIpc) is 2.74. The van der Waals surface area contributed by atoms with E-state index in [2.05, 4.69) is 64.1 Å². The van der Waals surface area contributed by atoms with Crippen LogP contribution in [0.15, 0.2) is 30.3 Å². The van der Waals surface area contributed by atoms with E-state index in [0.717, 1.165) is 23.7 Å². The molecule has 4 nitrogen and oxygen atoms in total. The summed E-state index contributed by atoms with van der Waals surface area (Å²) in [5.74, 6) is 1.13. The summed E-state index contributed by atoms with van der Waals surface area (Å²) in [6, 6.07) is 10.3. The summed E-state index contributed by atoms with van der Waals surface area (Å²) < 4.78 is 2.02. The molecule has 0 spiro atoms. The summed E-state index contributed by atoms with van der Waals surface area (Å²) in [5, 5.41) is 8.30. The summed E-state index contributed by atoms with van der Waals surface area (Å²) in [6.07, 6.45) is 0. The molecule has 0 saturated carbocycles. The molecular formula is C17H26N4. The SMILES string of the molecule is Cc1nn(-c2ccccc2)c(N(C)C)c1CNC(C)(C)C. The highest BCUT2D eigenvalue weighted by molar-refractivity contribution is 5.54. The smallest absolute Gasteiger partial charge is 0.136 e. The molecule has 0 radical (unpaired) electrons. The summed E-state index contributed by atoms with van der Waals surface area (Å²) in [6.45, 7) is 9.43. The van der Waals surface area contributed by atoms with E-state index >= 15 is 0 Å². The number of hydrogen-bond donors (Lipinski definition) is 1. The van der Waals surface area contributed by atoms with Gasteiger partial charge < -0.3 is 10.2 Å². The van der Waals surface area contributed by atoms with Crippen molar-refractivity contribution in [1.82, 2.24) is 15.1 Å². The van der Waals surface area contributed by atoms with E-state index < -0.39 is 0 Å². The summed E-state index contributed by atoms with van der Waals surface area (Å²) in [7, 11) is 4.13. The quantitative estimate of drug-likeness (QED) is 0.937. The van der Waals surface area contributed by atoms with Crippen molar-refractivity contribution < 1.29 is 0 Å². The average molecular weight is 286 g/mol. The Morgan fingerprint density at radius 3 is 2.29 bits per heavy atom. The minimum absolute atomic E-state index is 0.0882. The van der Waals surface area contributed by atoms with Crippen LogP contribution in [0.2, 0.25) is 0 Å². The maximum Gasteiger partial charge on any atom is 0.136 e. The third-order valence-corrected chi connectivity index (χ3v) is 3.38. The predicted molar refractivity (Wildman–Crippen MR) is 89.2 cm³/mol. The normalized spacial score (nSPS) is 11.7. The summed E-state index contributed by atoms with van der Waals surface area (Å²) in [5.41, 5.74) is 3.50. The molecule has 2 aromatic rings. The van der Waals surface area contributed by atoms with Gasteiger partial charge in [-0.05, 0) is 39.8 Å². The second kappa shape index (κ2) is 5.90. The highest BCUT2D eigenvalue weighted by Crippen LogP contribution is 2.26. The first kappa shape index (κ1) is 15.6. The van der Waals surface area contributed by atoms with Crippen molar-refractivity contribution in [2.45, 2.75) is 39.8 Å². The third-order valence-electron chi connectivity index (χ3n) is 3.38. The van der Waals surface area contributed by atoms with Crippen molar-refractivity contribution >= 4 is 5.82 Å². The standard InChI is InChI=1S/C17H26N4/c1-13-15(12-18-17(2,3)4)16(20(5)6)21(19-13)14-10-8-7-9-11-14/h7-11,18H,12H2,1-6H3. The molecule has 0 unspecified atom stereocenters. The third kappa shape index (κ3) is 3.64. The molecule has 1 aromatic carbocycles. The lowest BCUT2D eigenvalue weighted by Gasteiger charge is -2.22. The number of nitrogens with one attached hydrogen (secondary N) is 1. The van der Waals surface area contributed by atoms with Crippen molar-refractivity contribution in [2.24, 2.45) is 0 Å². The van der Waals surface area contributed by atoms with Crippen LogP contribution in [0, 0.1) is 6.92 Å². The van der Waals surface area contributed by atoms with Crippen LogP contribution in [0.1, 0.15) is 32.0 Å². The molecule has 0 aliphatic carbocycles. The van der Waals surface area contributed by atoms with Crippen LogP contribution in [-0.4, -0.2) is 29.4 Å². The second-order valence-electron chi connectivity index (χ2n) is 6.63. The zero-order valence-corrected chi connectivity index (χ0v) is 13.9. The van der Waals surface area contributed by atoms with E-state index in [-0.39, 0.29) is 5.54 Å². The van der Waals surface area contributed by atoms with Gasteiger partial charge in [0.1, 0.15) is 5.82 Å². The molecule has 0 saturated heterocycles. The Hall–Kier alpha value is -1.81. The van der Waals surface area contributed by atoms with E-state index in [0.29, 0.717) is 0 Å². The largest absolute Gasteiger partial charge is 0.362 e. The Bertz CT molecular complexity index is 591. The maximum atomic E-state index is 4.74. The highest BCUT2D eigenvalue weighted by Gasteiger charge is 2.19. The molecule has 0 amide bonds. The first-order valence-electron chi connectivity index (χ1n) is 7.36. The zero-order valence-electron chi connectivity index (χ0n) is 13.9. The van der Waals surface area contributed by atoms with Gasteiger partial charge in [-0.15, -0.1) is 0 Å². The minimum atomic E-state index is 0.0882. The zero-order chi connectivity index (χ0) is 15.6. The van der Waals surface area contributed by atoms with Crippen LogP contribution < -0.4 is 10.2 Å². The number of rotatable bonds is 4. The molecule has 0 aliphatic rings. The fourth-order valence-electron chi connectivity index (χ4n) is 2.32. The van der Waals surface area contributed by atoms with E-state index in [1.807, 2.05) is 22.9 Å². The van der Waals surface area contributed by atoms with Gasteiger partial charge in [-0.3, -0.25) is 0 Å². The van der Waals surface area contributed by atoms with E-state index in [1.54, 1.807) is 0 Å². The van der Waals surface area contributed by atoms with Crippen LogP contribution >= 0.6 is 0 Å². The van der Waals surface area contributed by atoms with Gasteiger partial charge in [0, 0.05) is 31.7 Å². The minimum Gasteiger partial charge on any atom is -0.362 e. The number of benzene rings is 1. The van der Waals surface area contributed by atoms with Crippen LogP contribution in [-0.2, 0) is 6.54 Å². The van der Waals surface area contributed by atoms with Crippen molar-refractivity contribution in [1.29, 1.82) is 0 Å². The van der Waals surface area contributed by atoms with Gasteiger partial charge in [-0.25, -0.2) is 4.68 Å². The topological polar surface area (TPSA) is 33.1 Å². The number of aromatic nitrogens is 2. The fraction of sp³-hybridized carbons (Fsp3) is 0.471. The second-order valence-corrected chi connectivity index (χ2v) is 6.63. The fourth-order valence-corrected chi connectivity index (χ4v) is 2.32. The molecule has 0 aliphatic heterocycles. The van der Waals surface area contributed by atoms with Crippen molar-refractivity contribution in [3.63, 3.8) is 0 Å². The van der Waals surface area contributed by atoms with Gasteiger partial charge in [0.15, 0.2) is 0 Å². The van der Waals surface area contributed by atoms with Gasteiger partial charge in [0.2, 0.25) is 0 Å². The molecule has 0 atom stereocenters. The van der Waals surface area contributed by atoms with Crippen LogP contribution in [0.25, 0.3) is 5.69 Å². The Morgan fingerprint density at radius 1 is 1.14 bits per heavy atom. The lowest BCUT2D eigenvalue weighted by molar-refractivity contribution is 0.424. The van der Waals surface area contributed by atoms with Gasteiger partial charge in [0.25, 0.3) is 0 Å². The van der Waals surface area contributed by atoms with Crippen molar-refractivity contribution in [3.05, 3.63) is 41.6 Å². The first-order valence-corrected chi connectivity index (χ1v) is 7.36. The summed E-state index contributed by atoms with van der Waals surface area (Å²) in [4.78, 5) is 2.13. The van der Waals surface area contributed by atoms with E-state index in [1.165, 1.54) is 5.56 Å². The van der Waals surface area contributed by atoms with Crippen molar-refractivity contribution in [2.75, 3.05) is 19.0 Å². The first-order chi connectivity index (χ1) is 9.79. The van der Waals surface area contributed by atoms with Crippen LogP contribution in [0.5, 0.6) is 0 Å². The van der Waals surface area contributed by atoms with Crippen LogP contribution in [0.3, 0.4) is 0 Å². The molecule has 2 rings (SSSR count). The predicted octanol–water partition coefficient (Wildman–Crippen LogP) is 3.13. The Balaban J connectivity index is 2.44. The molecule has 0 fully saturated rings. The molecular weight excluding hydrogens is 260 g/mol. The van der Waals surface area contributed by atoms with E-state index in [9.17, 15) is 0 Å². The van der Waals surface area contributed by atoms with Gasteiger partial charge in [-0.1, -0.05) is 18.2 Å². The Kier molecular flexibility index (Phi) is 4.37. The maximum absolute atomic E-state index is 4.74. The van der Waals surface area contributed by atoms with Gasteiger partial charge in [-0.2, -0.15) is 5.10 Å². The van der Waals surface area contributed by atoms with Gasteiger partial charge >= 0.3 is 0 Å². The summed E-state index contributed by atoms with van der Waals surface area (Å²) >= 11 is 0. The Labute approximate surface area is 127 Å². The molecule has 114 valence electrons. The number of anilines is 1. The number of aryl methyl sites for hydroxylation is 1. The lowest BCUT2D eigenvalue weighted by Crippen LogP contribution is -2.35. The number of hydrogen-bond acceptors (Lipinski definition) is 3. The monoisotopic (exact) mass is 286 g/mol. The number of nitrogens with zero attached hydrogens (tertiary/aromatic N) is 3. The van der Waals surface area contributed by atoms with E-state index in [4.69, 9.17) is 5.10 Å². The molecule has 0 bridgehead atoms. The molecule has 21 heavy (non-hydrogen) atoms.